The van der Waals surface area contributed by atoms with Crippen molar-refractivity contribution in [3.05, 3.63) is 46.1 Å². The fourth-order valence-corrected chi connectivity index (χ4v) is 3.39. The van der Waals surface area contributed by atoms with Crippen molar-refractivity contribution in [2.75, 3.05) is 0 Å². The third-order valence-corrected chi connectivity index (χ3v) is 4.52. The summed E-state index contributed by atoms with van der Waals surface area (Å²) in [4.78, 5) is 16.5. The number of halogens is 1. The van der Waals surface area contributed by atoms with E-state index >= 15 is 0 Å². The second-order valence-corrected chi connectivity index (χ2v) is 5.52. The number of thiophene rings is 1. The molecule has 3 heterocycles. The normalized spacial score (nSPS) is 10.9. The highest BCUT2D eigenvalue weighted by Crippen LogP contribution is 2.33. The van der Waals surface area contributed by atoms with Crippen molar-refractivity contribution in [2.24, 2.45) is 5.73 Å². The number of fused-ring (bicyclic) bond motifs is 1. The maximum Gasteiger partial charge on any atom is 0.267 e. The monoisotopic (exact) mass is 321 g/mol. The molecule has 0 unspecified atom stereocenters. The van der Waals surface area contributed by atoms with Crippen LogP contribution in [0.25, 0.3) is 16.1 Å². The third kappa shape index (κ3) is 1.74. The van der Waals surface area contributed by atoms with Crippen LogP contribution in [0.15, 0.2) is 40.4 Å². The molecule has 0 atom stereocenters. The molecule has 0 fully saturated rings. The van der Waals surface area contributed by atoms with Gasteiger partial charge in [-0.05, 0) is 39.5 Å². The van der Waals surface area contributed by atoms with Crippen LogP contribution in [0.5, 0.6) is 0 Å². The number of primary amides is 1. The average Bonchev–Trinajstić information content (AvgIpc) is 2.93. The lowest BCUT2D eigenvalue weighted by Gasteiger charge is -2.02. The Morgan fingerprint density at radius 2 is 2.22 bits per heavy atom. The molecule has 18 heavy (non-hydrogen) atoms. The highest BCUT2D eigenvalue weighted by atomic mass is 79.9. The van der Waals surface area contributed by atoms with Gasteiger partial charge in [-0.15, -0.1) is 11.3 Å². The van der Waals surface area contributed by atoms with Gasteiger partial charge in [-0.1, -0.05) is 0 Å². The highest BCUT2D eigenvalue weighted by Gasteiger charge is 2.11. The van der Waals surface area contributed by atoms with E-state index in [2.05, 4.69) is 20.9 Å². The Labute approximate surface area is 115 Å². The number of pyridine rings is 1. The van der Waals surface area contributed by atoms with Crippen LogP contribution in [-0.2, 0) is 0 Å². The lowest BCUT2D eigenvalue weighted by atomic mass is 10.2. The molecule has 3 rings (SSSR count). The van der Waals surface area contributed by atoms with Gasteiger partial charge in [0.15, 0.2) is 0 Å². The van der Waals surface area contributed by atoms with Gasteiger partial charge in [0.2, 0.25) is 0 Å². The maximum atomic E-state index is 11.3. The van der Waals surface area contributed by atoms with Crippen molar-refractivity contribution < 1.29 is 4.79 Å². The topological polar surface area (TPSA) is 60.4 Å². The molecule has 0 saturated heterocycles. The number of rotatable bonds is 2. The minimum absolute atomic E-state index is 0.388. The Balaban J connectivity index is 2.24. The lowest BCUT2D eigenvalue weighted by Crippen LogP contribution is -2.13. The van der Waals surface area contributed by atoms with Crippen molar-refractivity contribution in [2.45, 2.75) is 0 Å². The van der Waals surface area contributed by atoms with Crippen LogP contribution in [0.2, 0.25) is 0 Å². The summed E-state index contributed by atoms with van der Waals surface area (Å²) in [5.41, 5.74) is 7.43. The van der Waals surface area contributed by atoms with Gasteiger partial charge >= 0.3 is 0 Å². The van der Waals surface area contributed by atoms with Crippen LogP contribution < -0.4 is 5.73 Å². The molecule has 3 aromatic rings. The molecule has 90 valence electrons. The zero-order valence-corrected chi connectivity index (χ0v) is 11.5. The average molecular weight is 322 g/mol. The van der Waals surface area contributed by atoms with E-state index < -0.39 is 5.91 Å². The zero-order valence-electron chi connectivity index (χ0n) is 9.13. The summed E-state index contributed by atoms with van der Waals surface area (Å²) in [5, 5.41) is 2.01. The summed E-state index contributed by atoms with van der Waals surface area (Å²) < 4.78 is 2.75. The standard InChI is InChI=1S/C12H8BrN3OS/c13-8-3-4-18-11(8)7-1-2-10-15-5-9(12(14)17)16(10)6-7/h1-6H,(H2,14,17). The van der Waals surface area contributed by atoms with Gasteiger partial charge in [0.1, 0.15) is 11.3 Å². The predicted molar refractivity (Wildman–Crippen MR) is 74.7 cm³/mol. The fourth-order valence-electron chi connectivity index (χ4n) is 1.80. The van der Waals surface area contributed by atoms with E-state index in [1.165, 1.54) is 6.20 Å². The Hall–Kier alpha value is -1.66. The Kier molecular flexibility index (Phi) is 2.68. The van der Waals surface area contributed by atoms with E-state index in [1.807, 2.05) is 29.8 Å². The molecule has 6 heteroatoms. The summed E-state index contributed by atoms with van der Waals surface area (Å²) in [6, 6.07) is 5.84. The predicted octanol–water partition coefficient (Wildman–Crippen LogP) is 2.92. The van der Waals surface area contributed by atoms with Crippen LogP contribution in [0.1, 0.15) is 10.5 Å². The van der Waals surface area contributed by atoms with E-state index in [0.29, 0.717) is 11.3 Å². The number of hydrogen-bond acceptors (Lipinski definition) is 3. The first kappa shape index (κ1) is 11.4. The van der Waals surface area contributed by atoms with Crippen molar-refractivity contribution >= 4 is 38.8 Å². The van der Waals surface area contributed by atoms with E-state index in [9.17, 15) is 4.79 Å². The summed E-state index contributed by atoms with van der Waals surface area (Å²) in [7, 11) is 0. The number of nitrogens with zero attached hydrogens (tertiary/aromatic N) is 2. The highest BCUT2D eigenvalue weighted by molar-refractivity contribution is 9.10. The molecule has 0 saturated carbocycles. The Morgan fingerprint density at radius 1 is 1.39 bits per heavy atom. The first-order valence-corrected chi connectivity index (χ1v) is 6.84. The molecule has 4 nitrogen and oxygen atoms in total. The Bertz CT molecular complexity index is 747. The van der Waals surface area contributed by atoms with Crippen molar-refractivity contribution in [1.29, 1.82) is 0 Å². The first-order valence-electron chi connectivity index (χ1n) is 5.17. The minimum atomic E-state index is -0.482. The van der Waals surface area contributed by atoms with Gasteiger partial charge in [0.25, 0.3) is 5.91 Å². The fraction of sp³-hybridized carbons (Fsp3) is 0. The van der Waals surface area contributed by atoms with Crippen LogP contribution in [0.4, 0.5) is 0 Å². The summed E-state index contributed by atoms with van der Waals surface area (Å²) in [5.74, 6) is -0.482. The molecule has 0 aliphatic rings. The van der Waals surface area contributed by atoms with Gasteiger partial charge in [0.05, 0.1) is 6.20 Å². The van der Waals surface area contributed by atoms with Crippen LogP contribution in [-0.4, -0.2) is 15.3 Å². The third-order valence-electron chi connectivity index (χ3n) is 2.64. The molecule has 1 amide bonds. The molecule has 0 aliphatic heterocycles. The molecule has 3 aromatic heterocycles. The Morgan fingerprint density at radius 3 is 2.89 bits per heavy atom. The summed E-state index contributed by atoms with van der Waals surface area (Å²) in [6.45, 7) is 0. The van der Waals surface area contributed by atoms with Gasteiger partial charge < -0.3 is 5.73 Å². The van der Waals surface area contributed by atoms with Gasteiger partial charge in [-0.3, -0.25) is 9.20 Å². The summed E-state index contributed by atoms with van der Waals surface area (Å²) in [6.07, 6.45) is 3.37. The minimum Gasteiger partial charge on any atom is -0.364 e. The molecular formula is C12H8BrN3OS. The van der Waals surface area contributed by atoms with Gasteiger partial charge in [-0.25, -0.2) is 4.98 Å². The van der Waals surface area contributed by atoms with Crippen LogP contribution in [0, 0.1) is 0 Å². The molecule has 0 radical (unpaired) electrons. The number of carbonyl (C=O) groups is 1. The molecule has 2 N–H and O–H groups in total. The second kappa shape index (κ2) is 4.22. The molecule has 0 aromatic carbocycles. The molecule has 0 aliphatic carbocycles. The lowest BCUT2D eigenvalue weighted by molar-refractivity contribution is 0.0995. The zero-order chi connectivity index (χ0) is 12.7. The first-order chi connectivity index (χ1) is 8.66. The van der Waals surface area contributed by atoms with Crippen molar-refractivity contribution in [3.63, 3.8) is 0 Å². The van der Waals surface area contributed by atoms with Gasteiger partial charge in [-0.2, -0.15) is 0 Å². The van der Waals surface area contributed by atoms with E-state index in [-0.39, 0.29) is 0 Å². The van der Waals surface area contributed by atoms with E-state index in [0.717, 1.165) is 14.9 Å². The number of hydrogen-bond donors (Lipinski definition) is 1. The van der Waals surface area contributed by atoms with Crippen LogP contribution in [0.3, 0.4) is 0 Å². The molecule has 0 spiro atoms. The van der Waals surface area contributed by atoms with E-state index in [1.54, 1.807) is 15.7 Å². The smallest absolute Gasteiger partial charge is 0.267 e. The molecular weight excluding hydrogens is 314 g/mol. The van der Waals surface area contributed by atoms with Crippen molar-refractivity contribution in [3.8, 4) is 10.4 Å². The van der Waals surface area contributed by atoms with E-state index in [4.69, 9.17) is 5.73 Å². The quantitative estimate of drug-likeness (QED) is 0.788. The van der Waals surface area contributed by atoms with Crippen LogP contribution >= 0.6 is 27.3 Å². The number of aromatic nitrogens is 2. The number of amides is 1. The molecule has 0 bridgehead atoms. The number of carbonyl (C=O) groups excluding carboxylic acids is 1. The summed E-state index contributed by atoms with van der Waals surface area (Å²) >= 11 is 5.13. The second-order valence-electron chi connectivity index (χ2n) is 3.75. The van der Waals surface area contributed by atoms with Crippen molar-refractivity contribution in [1.82, 2.24) is 9.38 Å². The number of imidazole rings is 1. The SMILES string of the molecule is NC(=O)c1cnc2ccc(-c3sccc3Br)cn12. The number of nitrogens with two attached hydrogens (primary N) is 1. The van der Waals surface area contributed by atoms with Gasteiger partial charge in [0, 0.05) is 21.1 Å². The maximum absolute atomic E-state index is 11.3. The largest absolute Gasteiger partial charge is 0.364 e.